The number of carbonyl (C=O) groups is 1. The highest BCUT2D eigenvalue weighted by atomic mass is 16.1. The highest BCUT2D eigenvalue weighted by molar-refractivity contribution is 5.95. The lowest BCUT2D eigenvalue weighted by Gasteiger charge is -2.27. The average Bonchev–Trinajstić information content (AvgIpc) is 2.71. The van der Waals surface area contributed by atoms with Crippen LogP contribution in [0.4, 0.5) is 17.1 Å². The highest BCUT2D eigenvalue weighted by Crippen LogP contribution is 2.34. The molecule has 1 unspecified atom stereocenters. The Kier molecular flexibility index (Phi) is 4.04. The van der Waals surface area contributed by atoms with Gasteiger partial charge in [-0.1, -0.05) is 13.3 Å². The number of amides is 1. The van der Waals surface area contributed by atoms with Gasteiger partial charge in [-0.3, -0.25) is 4.79 Å². The molecule has 0 saturated carbocycles. The molecule has 0 spiro atoms. The van der Waals surface area contributed by atoms with E-state index in [1.165, 1.54) is 31.2 Å². The number of fused-ring (bicyclic) bond motifs is 1. The van der Waals surface area contributed by atoms with Crippen molar-refractivity contribution in [1.82, 2.24) is 0 Å². The topological polar surface area (TPSA) is 58.4 Å². The van der Waals surface area contributed by atoms with Crippen molar-refractivity contribution in [2.45, 2.75) is 45.4 Å². The van der Waals surface area contributed by atoms with Crippen molar-refractivity contribution < 1.29 is 4.79 Å². The number of hydrogen-bond acceptors (Lipinski definition) is 3. The summed E-state index contributed by atoms with van der Waals surface area (Å²) in [5.41, 5.74) is 10.3. The minimum Gasteiger partial charge on any atom is -0.397 e. The molecule has 21 heavy (non-hydrogen) atoms. The van der Waals surface area contributed by atoms with Gasteiger partial charge in [0.2, 0.25) is 5.91 Å². The molecular weight excluding hydrogens is 262 g/mol. The highest BCUT2D eigenvalue weighted by Gasteiger charge is 2.21. The predicted octanol–water partition coefficient (Wildman–Crippen LogP) is 3.17. The monoisotopic (exact) mass is 287 g/mol. The van der Waals surface area contributed by atoms with E-state index in [-0.39, 0.29) is 5.91 Å². The Balaban J connectivity index is 1.83. The fraction of sp³-hybridized carbons (Fsp3) is 0.588. The van der Waals surface area contributed by atoms with Gasteiger partial charge in [-0.25, -0.2) is 0 Å². The van der Waals surface area contributed by atoms with E-state index in [1.807, 2.05) is 6.07 Å². The predicted molar refractivity (Wildman–Crippen MR) is 87.7 cm³/mol. The summed E-state index contributed by atoms with van der Waals surface area (Å²) >= 11 is 0. The Labute approximate surface area is 126 Å². The fourth-order valence-electron chi connectivity index (χ4n) is 3.52. The van der Waals surface area contributed by atoms with Gasteiger partial charge in [0, 0.05) is 25.2 Å². The largest absolute Gasteiger partial charge is 0.397 e. The van der Waals surface area contributed by atoms with Crippen LogP contribution in [0.3, 0.4) is 0 Å². The second-order valence-electron chi connectivity index (χ2n) is 6.31. The van der Waals surface area contributed by atoms with E-state index in [2.05, 4.69) is 23.2 Å². The van der Waals surface area contributed by atoms with Gasteiger partial charge in [-0.2, -0.15) is 0 Å². The maximum atomic E-state index is 11.5. The van der Waals surface area contributed by atoms with Gasteiger partial charge in [-0.05, 0) is 49.3 Å². The number of carbonyl (C=O) groups excluding carboxylic acids is 1. The zero-order chi connectivity index (χ0) is 14.8. The summed E-state index contributed by atoms with van der Waals surface area (Å²) in [5, 5.41) is 2.92. The van der Waals surface area contributed by atoms with Crippen LogP contribution in [-0.4, -0.2) is 19.0 Å². The lowest BCUT2D eigenvalue weighted by atomic mass is 9.98. The van der Waals surface area contributed by atoms with Crippen LogP contribution in [0.1, 0.15) is 44.6 Å². The summed E-state index contributed by atoms with van der Waals surface area (Å²) in [5.74, 6) is 0.948. The molecule has 4 nitrogen and oxygen atoms in total. The normalized spacial score (nSPS) is 22.4. The van der Waals surface area contributed by atoms with Crippen molar-refractivity contribution >= 4 is 23.0 Å². The van der Waals surface area contributed by atoms with E-state index in [1.54, 1.807) is 0 Å². The van der Waals surface area contributed by atoms with Gasteiger partial charge < -0.3 is 16.0 Å². The molecule has 114 valence electrons. The lowest BCUT2D eigenvalue weighted by Crippen LogP contribution is -2.26. The third kappa shape index (κ3) is 2.99. The second kappa shape index (κ2) is 5.96. The molecule has 0 radical (unpaired) electrons. The van der Waals surface area contributed by atoms with Crippen LogP contribution < -0.4 is 16.0 Å². The van der Waals surface area contributed by atoms with Crippen molar-refractivity contribution in [1.29, 1.82) is 0 Å². The minimum absolute atomic E-state index is 0.0928. The Morgan fingerprint density at radius 2 is 2.14 bits per heavy atom. The number of nitrogens with one attached hydrogen (secondary N) is 1. The van der Waals surface area contributed by atoms with Crippen LogP contribution in [-0.2, 0) is 11.2 Å². The van der Waals surface area contributed by atoms with E-state index in [9.17, 15) is 4.79 Å². The molecule has 3 rings (SSSR count). The Hall–Kier alpha value is -1.71. The van der Waals surface area contributed by atoms with Crippen molar-refractivity contribution in [2.75, 3.05) is 29.0 Å². The van der Waals surface area contributed by atoms with E-state index >= 15 is 0 Å². The van der Waals surface area contributed by atoms with Crippen LogP contribution in [0.15, 0.2) is 12.1 Å². The molecule has 2 aliphatic rings. The summed E-state index contributed by atoms with van der Waals surface area (Å²) < 4.78 is 0. The van der Waals surface area contributed by atoms with Crippen LogP contribution in [0.25, 0.3) is 0 Å². The van der Waals surface area contributed by atoms with Gasteiger partial charge >= 0.3 is 0 Å². The third-order valence-corrected chi connectivity index (χ3v) is 4.91. The molecule has 4 heteroatoms. The van der Waals surface area contributed by atoms with E-state index in [0.29, 0.717) is 6.42 Å². The van der Waals surface area contributed by atoms with Crippen molar-refractivity contribution in [3.05, 3.63) is 17.7 Å². The number of nitrogen functional groups attached to an aromatic ring is 1. The van der Waals surface area contributed by atoms with Crippen LogP contribution in [0.5, 0.6) is 0 Å². The Morgan fingerprint density at radius 1 is 1.29 bits per heavy atom. The number of rotatable bonds is 2. The van der Waals surface area contributed by atoms with Crippen molar-refractivity contribution in [3.63, 3.8) is 0 Å². The number of nitrogens with two attached hydrogens (primary N) is 1. The number of nitrogens with zero attached hydrogens (tertiary/aromatic N) is 1. The van der Waals surface area contributed by atoms with Gasteiger partial charge in [0.15, 0.2) is 0 Å². The number of aryl methyl sites for hydroxylation is 1. The first-order valence-corrected chi connectivity index (χ1v) is 8.14. The van der Waals surface area contributed by atoms with Crippen LogP contribution in [0.2, 0.25) is 0 Å². The molecule has 0 aromatic heterocycles. The van der Waals surface area contributed by atoms with Gasteiger partial charge in [0.25, 0.3) is 0 Å². The second-order valence-corrected chi connectivity index (χ2v) is 6.31. The molecule has 0 bridgehead atoms. The smallest absolute Gasteiger partial charge is 0.224 e. The fourth-order valence-corrected chi connectivity index (χ4v) is 3.52. The van der Waals surface area contributed by atoms with Crippen molar-refractivity contribution in [3.8, 4) is 0 Å². The van der Waals surface area contributed by atoms with Gasteiger partial charge in [0.05, 0.1) is 11.4 Å². The molecule has 1 aromatic carbocycles. The Bertz CT molecular complexity index is 541. The summed E-state index contributed by atoms with van der Waals surface area (Å²) in [6.45, 7) is 4.47. The van der Waals surface area contributed by atoms with E-state index in [0.717, 1.165) is 42.5 Å². The first-order chi connectivity index (χ1) is 10.2. The molecule has 3 N–H and O–H groups in total. The third-order valence-electron chi connectivity index (χ3n) is 4.91. The molecule has 0 aliphatic carbocycles. The standard InChI is InChI=1S/C17H25N3O/c1-2-12-4-3-8-20(9-7-12)16-10-13-5-6-17(21)19-15(13)11-14(16)18/h10-12H,2-9,18H2,1H3,(H,19,21). The zero-order valence-corrected chi connectivity index (χ0v) is 12.8. The van der Waals surface area contributed by atoms with Crippen LogP contribution >= 0.6 is 0 Å². The average molecular weight is 287 g/mol. The van der Waals surface area contributed by atoms with Crippen molar-refractivity contribution in [2.24, 2.45) is 5.92 Å². The van der Waals surface area contributed by atoms with Crippen LogP contribution in [0, 0.1) is 5.92 Å². The minimum atomic E-state index is 0.0928. The molecular formula is C17H25N3O. The van der Waals surface area contributed by atoms with Gasteiger partial charge in [-0.15, -0.1) is 0 Å². The molecule has 2 aliphatic heterocycles. The molecule has 1 aromatic rings. The molecule has 1 saturated heterocycles. The first kappa shape index (κ1) is 14.2. The summed E-state index contributed by atoms with van der Waals surface area (Å²) in [6, 6.07) is 4.13. The first-order valence-electron chi connectivity index (χ1n) is 8.14. The lowest BCUT2D eigenvalue weighted by molar-refractivity contribution is -0.116. The zero-order valence-electron chi connectivity index (χ0n) is 12.8. The summed E-state index contributed by atoms with van der Waals surface area (Å²) in [4.78, 5) is 13.9. The number of benzene rings is 1. The van der Waals surface area contributed by atoms with E-state index in [4.69, 9.17) is 5.73 Å². The quantitative estimate of drug-likeness (QED) is 0.821. The summed E-state index contributed by atoms with van der Waals surface area (Å²) in [6.07, 6.45) is 6.50. The SMILES string of the molecule is CCC1CCCN(c2cc3c(cc2N)NC(=O)CC3)CC1. The summed E-state index contributed by atoms with van der Waals surface area (Å²) in [7, 11) is 0. The Morgan fingerprint density at radius 3 is 2.95 bits per heavy atom. The number of anilines is 3. The molecule has 1 amide bonds. The molecule has 1 fully saturated rings. The molecule has 1 atom stereocenters. The number of hydrogen-bond donors (Lipinski definition) is 2. The maximum absolute atomic E-state index is 11.5. The van der Waals surface area contributed by atoms with Gasteiger partial charge in [0.1, 0.15) is 0 Å². The maximum Gasteiger partial charge on any atom is 0.224 e. The van der Waals surface area contributed by atoms with E-state index < -0.39 is 0 Å². The molecule has 2 heterocycles.